The summed E-state index contributed by atoms with van der Waals surface area (Å²) in [5.41, 5.74) is 0.651. The van der Waals surface area contributed by atoms with Gasteiger partial charge in [-0.15, -0.1) is 0 Å². The molecule has 0 spiro atoms. The first-order valence-electron chi connectivity index (χ1n) is 9.05. The Morgan fingerprint density at radius 1 is 1.11 bits per heavy atom. The van der Waals surface area contributed by atoms with Crippen LogP contribution in [-0.2, 0) is 4.79 Å². The molecule has 0 bridgehead atoms. The van der Waals surface area contributed by atoms with E-state index in [1.807, 2.05) is 18.2 Å². The molecule has 7 heteroatoms. The van der Waals surface area contributed by atoms with E-state index in [0.717, 1.165) is 12.8 Å². The number of nitrogens with zero attached hydrogens (tertiary/aromatic N) is 3. The lowest BCUT2D eigenvalue weighted by molar-refractivity contribution is -0.132. The van der Waals surface area contributed by atoms with Crippen LogP contribution in [0.25, 0.3) is 0 Å². The Kier molecular flexibility index (Phi) is 6.35. The molecule has 0 radical (unpaired) electrons. The molecule has 1 saturated heterocycles. The van der Waals surface area contributed by atoms with Crippen LogP contribution in [-0.4, -0.2) is 52.9 Å². The summed E-state index contributed by atoms with van der Waals surface area (Å²) in [6, 6.07) is 11.0. The number of hydrogen-bond donors (Lipinski definition) is 0. The molecule has 0 aliphatic carbocycles. The molecule has 1 amide bonds. The zero-order chi connectivity index (χ0) is 19.1. The van der Waals surface area contributed by atoms with Crippen LogP contribution in [0.3, 0.4) is 0 Å². The van der Waals surface area contributed by atoms with Gasteiger partial charge in [-0.05, 0) is 0 Å². The number of methoxy groups -OCH3 is 1. The second-order valence-corrected chi connectivity index (χ2v) is 6.37. The molecule has 1 aromatic carbocycles. The van der Waals surface area contributed by atoms with Gasteiger partial charge in [0.05, 0.1) is 7.11 Å². The van der Waals surface area contributed by atoms with Crippen LogP contribution in [0.5, 0.6) is 11.9 Å². The summed E-state index contributed by atoms with van der Waals surface area (Å²) in [6.45, 7) is 1.23. The van der Waals surface area contributed by atoms with Gasteiger partial charge in [-0.3, -0.25) is 9.59 Å². The average Bonchev–Trinajstić information content (AvgIpc) is 2.73. The lowest BCUT2D eigenvalue weighted by Gasteiger charge is -2.32. The Morgan fingerprint density at radius 3 is 2.56 bits per heavy atom. The van der Waals surface area contributed by atoms with E-state index < -0.39 is 0 Å². The summed E-state index contributed by atoms with van der Waals surface area (Å²) in [6.07, 6.45) is 3.51. The Labute approximate surface area is 158 Å². The van der Waals surface area contributed by atoms with Gasteiger partial charge in [-0.1, -0.05) is 30.3 Å². The van der Waals surface area contributed by atoms with Gasteiger partial charge >= 0.3 is 6.01 Å². The van der Waals surface area contributed by atoms with Crippen LogP contribution in [0.4, 0.5) is 0 Å². The summed E-state index contributed by atoms with van der Waals surface area (Å²) in [4.78, 5) is 34.4. The number of benzene rings is 1. The van der Waals surface area contributed by atoms with Crippen LogP contribution in [0, 0.1) is 0 Å². The van der Waals surface area contributed by atoms with E-state index in [1.54, 1.807) is 29.3 Å². The number of ether oxygens (including phenoxy) is 2. The summed E-state index contributed by atoms with van der Waals surface area (Å²) in [5.74, 6) is 0.487. The highest BCUT2D eigenvalue weighted by Gasteiger charge is 2.24. The second-order valence-electron chi connectivity index (χ2n) is 6.37. The van der Waals surface area contributed by atoms with Gasteiger partial charge in [0.1, 0.15) is 6.10 Å². The van der Waals surface area contributed by atoms with Crippen molar-refractivity contribution in [1.29, 1.82) is 0 Å². The van der Waals surface area contributed by atoms with Crippen LogP contribution in [0.1, 0.15) is 36.0 Å². The Bertz CT molecular complexity index is 774. The number of rotatable bonds is 7. The first-order valence-corrected chi connectivity index (χ1v) is 9.05. The minimum Gasteiger partial charge on any atom is -0.474 e. The predicted octanol–water partition coefficient (Wildman–Crippen LogP) is 2.52. The number of amides is 1. The van der Waals surface area contributed by atoms with Gasteiger partial charge < -0.3 is 14.4 Å². The van der Waals surface area contributed by atoms with Crippen molar-refractivity contribution < 1.29 is 19.1 Å². The minimum atomic E-state index is -0.000364. The average molecular weight is 369 g/mol. The molecule has 7 nitrogen and oxygen atoms in total. The summed E-state index contributed by atoms with van der Waals surface area (Å²) >= 11 is 0. The third-order valence-electron chi connectivity index (χ3n) is 4.53. The highest BCUT2D eigenvalue weighted by Crippen LogP contribution is 2.19. The van der Waals surface area contributed by atoms with Crippen molar-refractivity contribution in [2.45, 2.75) is 31.8 Å². The fourth-order valence-corrected chi connectivity index (χ4v) is 3.03. The Balaban J connectivity index is 1.43. The monoisotopic (exact) mass is 369 g/mol. The van der Waals surface area contributed by atoms with E-state index in [1.165, 1.54) is 7.11 Å². The van der Waals surface area contributed by atoms with Crippen LogP contribution in [0.15, 0.2) is 42.6 Å². The lowest BCUT2D eigenvalue weighted by atomic mass is 10.0. The van der Waals surface area contributed by atoms with Crippen molar-refractivity contribution in [3.8, 4) is 11.9 Å². The number of carbonyl (C=O) groups is 2. The van der Waals surface area contributed by atoms with Crippen molar-refractivity contribution >= 4 is 11.7 Å². The largest absolute Gasteiger partial charge is 0.474 e. The van der Waals surface area contributed by atoms with E-state index in [-0.39, 0.29) is 36.6 Å². The molecular weight excluding hydrogens is 346 g/mol. The van der Waals surface area contributed by atoms with E-state index in [0.29, 0.717) is 24.5 Å². The second kappa shape index (κ2) is 9.12. The van der Waals surface area contributed by atoms with Gasteiger partial charge in [-0.2, -0.15) is 4.98 Å². The first-order chi connectivity index (χ1) is 13.2. The quantitative estimate of drug-likeness (QED) is 0.698. The van der Waals surface area contributed by atoms with Crippen molar-refractivity contribution in [2.24, 2.45) is 0 Å². The highest BCUT2D eigenvalue weighted by atomic mass is 16.5. The molecular formula is C20H23N3O4. The normalized spacial score (nSPS) is 14.6. The van der Waals surface area contributed by atoms with Crippen molar-refractivity contribution in [2.75, 3.05) is 20.2 Å². The number of Topliss-reactive ketones (excluding diaryl/α,β-unsaturated/α-hetero) is 1. The molecule has 0 saturated carbocycles. The standard InChI is InChI=1S/C20H23N3O4/c1-26-20-21-12-9-18(22-20)27-16-10-13-23(14-11-16)19(25)8-7-17(24)15-5-3-2-4-6-15/h2-6,9,12,16H,7-8,10-11,13-14H2,1H3. The van der Waals surface area contributed by atoms with Gasteiger partial charge in [0.2, 0.25) is 11.8 Å². The maximum atomic E-state index is 12.4. The van der Waals surface area contributed by atoms with Crippen molar-refractivity contribution in [3.63, 3.8) is 0 Å². The van der Waals surface area contributed by atoms with E-state index in [9.17, 15) is 9.59 Å². The number of likely N-dealkylation sites (tertiary alicyclic amines) is 1. The molecule has 142 valence electrons. The Morgan fingerprint density at radius 2 is 1.85 bits per heavy atom. The maximum Gasteiger partial charge on any atom is 0.319 e. The van der Waals surface area contributed by atoms with Gasteiger partial charge in [0.15, 0.2) is 5.78 Å². The summed E-state index contributed by atoms with van der Waals surface area (Å²) in [7, 11) is 1.51. The van der Waals surface area contributed by atoms with E-state index in [2.05, 4.69) is 9.97 Å². The Hall–Kier alpha value is -2.96. The number of aromatic nitrogens is 2. The molecule has 0 N–H and O–H groups in total. The van der Waals surface area contributed by atoms with Crippen LogP contribution < -0.4 is 9.47 Å². The fraction of sp³-hybridized carbons (Fsp3) is 0.400. The van der Waals surface area contributed by atoms with Crippen molar-refractivity contribution in [1.82, 2.24) is 14.9 Å². The molecule has 1 aliphatic rings. The highest BCUT2D eigenvalue weighted by molar-refractivity contribution is 5.97. The number of hydrogen-bond acceptors (Lipinski definition) is 6. The minimum absolute atomic E-state index is 0.000113. The molecule has 27 heavy (non-hydrogen) atoms. The molecule has 1 fully saturated rings. The lowest BCUT2D eigenvalue weighted by Crippen LogP contribution is -2.41. The zero-order valence-electron chi connectivity index (χ0n) is 15.3. The van der Waals surface area contributed by atoms with E-state index >= 15 is 0 Å². The first kappa shape index (κ1) is 18.8. The molecule has 2 heterocycles. The third kappa shape index (κ3) is 5.26. The predicted molar refractivity (Wildman–Crippen MR) is 98.8 cm³/mol. The molecule has 1 aromatic heterocycles. The molecule has 0 unspecified atom stereocenters. The number of piperidine rings is 1. The smallest absolute Gasteiger partial charge is 0.319 e. The van der Waals surface area contributed by atoms with E-state index in [4.69, 9.17) is 9.47 Å². The zero-order valence-corrected chi connectivity index (χ0v) is 15.3. The van der Waals surface area contributed by atoms with Gasteiger partial charge in [0, 0.05) is 56.6 Å². The SMILES string of the molecule is COc1nccc(OC2CCN(C(=O)CCC(=O)c3ccccc3)CC2)n1. The molecule has 2 aromatic rings. The maximum absolute atomic E-state index is 12.4. The van der Waals surface area contributed by atoms with Crippen LogP contribution >= 0.6 is 0 Å². The molecule has 0 atom stereocenters. The van der Waals surface area contributed by atoms with Crippen LogP contribution in [0.2, 0.25) is 0 Å². The fourth-order valence-electron chi connectivity index (χ4n) is 3.03. The van der Waals surface area contributed by atoms with Gasteiger partial charge in [0.25, 0.3) is 0 Å². The topological polar surface area (TPSA) is 81.6 Å². The van der Waals surface area contributed by atoms with Gasteiger partial charge in [-0.25, -0.2) is 4.98 Å². The number of carbonyl (C=O) groups excluding carboxylic acids is 2. The summed E-state index contributed by atoms with van der Waals surface area (Å²) < 4.78 is 10.8. The molecule has 3 rings (SSSR count). The van der Waals surface area contributed by atoms with Crippen molar-refractivity contribution in [3.05, 3.63) is 48.2 Å². The summed E-state index contributed by atoms with van der Waals surface area (Å²) in [5, 5.41) is 0. The number of ketones is 1. The molecule has 1 aliphatic heterocycles. The third-order valence-corrected chi connectivity index (χ3v) is 4.53.